The summed E-state index contributed by atoms with van der Waals surface area (Å²) in [5, 5.41) is 3.90. The summed E-state index contributed by atoms with van der Waals surface area (Å²) < 4.78 is 0. The molecule has 5 heteroatoms. The van der Waals surface area contributed by atoms with E-state index in [0.717, 1.165) is 11.1 Å². The summed E-state index contributed by atoms with van der Waals surface area (Å²) in [6, 6.07) is 8.99. The van der Waals surface area contributed by atoms with Gasteiger partial charge in [-0.25, -0.2) is 0 Å². The molecule has 3 nitrogen and oxygen atoms in total. The molecule has 1 heterocycles. The van der Waals surface area contributed by atoms with E-state index in [1.165, 1.54) is 6.08 Å². The van der Waals surface area contributed by atoms with Gasteiger partial charge in [-0.3, -0.25) is 9.78 Å². The van der Waals surface area contributed by atoms with E-state index in [0.29, 0.717) is 10.0 Å². The molecule has 0 aliphatic heterocycles. The second-order valence-electron chi connectivity index (χ2n) is 5.36. The fourth-order valence-corrected chi connectivity index (χ4v) is 2.25. The summed E-state index contributed by atoms with van der Waals surface area (Å²) in [5.41, 5.74) is 1.23. The van der Waals surface area contributed by atoms with Crippen molar-refractivity contribution < 1.29 is 4.79 Å². The minimum Gasteiger partial charge on any atom is -0.344 e. The first-order valence-electron chi connectivity index (χ1n) is 6.74. The maximum Gasteiger partial charge on any atom is 0.244 e. The average Bonchev–Trinajstić information content (AvgIpc) is 2.48. The Kier molecular flexibility index (Phi) is 5.22. The van der Waals surface area contributed by atoms with Crippen molar-refractivity contribution in [3.63, 3.8) is 0 Å². The summed E-state index contributed by atoms with van der Waals surface area (Å²) >= 11 is 12.0. The fourth-order valence-electron chi connectivity index (χ4n) is 1.95. The molecule has 0 fully saturated rings. The Morgan fingerprint density at radius 3 is 2.45 bits per heavy atom. The lowest BCUT2D eigenvalue weighted by Crippen LogP contribution is -2.40. The SMILES string of the molecule is CC(C)(NC(=O)/C=C/c1ccncc1)c1ccc(Cl)c(Cl)c1. The molecule has 0 spiro atoms. The molecule has 1 N–H and O–H groups in total. The second kappa shape index (κ2) is 6.95. The van der Waals surface area contributed by atoms with Gasteiger partial charge >= 0.3 is 0 Å². The van der Waals surface area contributed by atoms with E-state index in [1.54, 1.807) is 30.6 Å². The third-order valence-corrected chi connectivity index (χ3v) is 3.95. The van der Waals surface area contributed by atoms with Crippen LogP contribution in [0, 0.1) is 0 Å². The molecule has 114 valence electrons. The van der Waals surface area contributed by atoms with Crippen LogP contribution in [0.15, 0.2) is 48.8 Å². The van der Waals surface area contributed by atoms with Gasteiger partial charge in [0.25, 0.3) is 0 Å². The molecule has 0 aliphatic carbocycles. The van der Waals surface area contributed by atoms with Gasteiger partial charge in [0.1, 0.15) is 0 Å². The van der Waals surface area contributed by atoms with Gasteiger partial charge in [0.2, 0.25) is 5.91 Å². The van der Waals surface area contributed by atoms with Crippen molar-refractivity contribution in [3.8, 4) is 0 Å². The highest BCUT2D eigenvalue weighted by atomic mass is 35.5. The molecule has 0 radical (unpaired) electrons. The lowest BCUT2D eigenvalue weighted by molar-refractivity contribution is -0.118. The van der Waals surface area contributed by atoms with Crippen LogP contribution in [0.4, 0.5) is 0 Å². The Morgan fingerprint density at radius 1 is 1.14 bits per heavy atom. The zero-order valence-electron chi connectivity index (χ0n) is 12.3. The first kappa shape index (κ1) is 16.5. The van der Waals surface area contributed by atoms with Crippen LogP contribution in [-0.2, 0) is 10.3 Å². The van der Waals surface area contributed by atoms with E-state index >= 15 is 0 Å². The molecule has 0 saturated carbocycles. The molecular formula is C17H16Cl2N2O. The molecule has 0 saturated heterocycles. The minimum absolute atomic E-state index is 0.187. The number of amides is 1. The van der Waals surface area contributed by atoms with Crippen LogP contribution in [0.2, 0.25) is 10.0 Å². The highest BCUT2D eigenvalue weighted by Gasteiger charge is 2.22. The van der Waals surface area contributed by atoms with Crippen molar-refractivity contribution in [2.75, 3.05) is 0 Å². The number of rotatable bonds is 4. The van der Waals surface area contributed by atoms with Crippen LogP contribution in [0.3, 0.4) is 0 Å². The lowest BCUT2D eigenvalue weighted by atomic mass is 9.94. The molecule has 0 unspecified atom stereocenters. The molecule has 1 amide bonds. The van der Waals surface area contributed by atoms with E-state index in [2.05, 4.69) is 10.3 Å². The van der Waals surface area contributed by atoms with E-state index in [4.69, 9.17) is 23.2 Å². The molecule has 1 aromatic heterocycles. The first-order valence-corrected chi connectivity index (χ1v) is 7.50. The van der Waals surface area contributed by atoms with Gasteiger partial charge in [0.05, 0.1) is 15.6 Å². The zero-order valence-corrected chi connectivity index (χ0v) is 13.8. The van der Waals surface area contributed by atoms with Crippen LogP contribution in [0.5, 0.6) is 0 Å². The maximum atomic E-state index is 12.1. The van der Waals surface area contributed by atoms with Crippen LogP contribution in [0.1, 0.15) is 25.0 Å². The van der Waals surface area contributed by atoms with Gasteiger partial charge in [-0.1, -0.05) is 29.3 Å². The number of nitrogens with zero attached hydrogens (tertiary/aromatic N) is 1. The van der Waals surface area contributed by atoms with E-state index < -0.39 is 5.54 Å². The molecule has 1 aromatic carbocycles. The Bertz CT molecular complexity index is 697. The van der Waals surface area contributed by atoms with E-state index in [9.17, 15) is 4.79 Å². The summed E-state index contributed by atoms with van der Waals surface area (Å²) in [6.45, 7) is 3.81. The normalized spacial score (nSPS) is 11.6. The van der Waals surface area contributed by atoms with Gasteiger partial charge in [-0.15, -0.1) is 0 Å². The summed E-state index contributed by atoms with van der Waals surface area (Å²) in [6.07, 6.45) is 6.59. The minimum atomic E-state index is -0.562. The van der Waals surface area contributed by atoms with Gasteiger partial charge < -0.3 is 5.32 Å². The smallest absolute Gasteiger partial charge is 0.244 e. The molecular weight excluding hydrogens is 319 g/mol. The Labute approximate surface area is 140 Å². The maximum absolute atomic E-state index is 12.1. The highest BCUT2D eigenvalue weighted by molar-refractivity contribution is 6.42. The van der Waals surface area contributed by atoms with Crippen molar-refractivity contribution in [1.82, 2.24) is 10.3 Å². The average molecular weight is 335 g/mol. The van der Waals surface area contributed by atoms with Gasteiger partial charge in [-0.2, -0.15) is 0 Å². The zero-order chi connectivity index (χ0) is 16.2. The quantitative estimate of drug-likeness (QED) is 0.839. The monoisotopic (exact) mass is 334 g/mol. The molecule has 0 aliphatic rings. The van der Waals surface area contributed by atoms with Gasteiger partial charge in [0.15, 0.2) is 0 Å². The first-order chi connectivity index (χ1) is 10.4. The third-order valence-electron chi connectivity index (χ3n) is 3.21. The number of carbonyl (C=O) groups is 1. The van der Waals surface area contributed by atoms with Crippen molar-refractivity contribution in [3.05, 3.63) is 70.0 Å². The second-order valence-corrected chi connectivity index (χ2v) is 6.17. The number of benzene rings is 1. The molecule has 0 atom stereocenters. The van der Waals surface area contributed by atoms with Crippen molar-refractivity contribution in [2.45, 2.75) is 19.4 Å². The third kappa shape index (κ3) is 4.33. The van der Waals surface area contributed by atoms with Crippen molar-refractivity contribution >= 4 is 35.2 Å². The van der Waals surface area contributed by atoms with Crippen LogP contribution in [0.25, 0.3) is 6.08 Å². The van der Waals surface area contributed by atoms with Crippen molar-refractivity contribution in [1.29, 1.82) is 0 Å². The van der Waals surface area contributed by atoms with E-state index in [1.807, 2.05) is 32.0 Å². The van der Waals surface area contributed by atoms with Crippen LogP contribution >= 0.6 is 23.2 Å². The molecule has 0 bridgehead atoms. The topological polar surface area (TPSA) is 42.0 Å². The predicted molar refractivity (Wildman–Crippen MR) is 90.9 cm³/mol. The van der Waals surface area contributed by atoms with Crippen molar-refractivity contribution in [2.24, 2.45) is 0 Å². The lowest BCUT2D eigenvalue weighted by Gasteiger charge is -2.26. The Balaban J connectivity index is 2.09. The highest BCUT2D eigenvalue weighted by Crippen LogP contribution is 2.28. The Morgan fingerprint density at radius 2 is 1.82 bits per heavy atom. The van der Waals surface area contributed by atoms with Crippen LogP contribution in [-0.4, -0.2) is 10.9 Å². The molecule has 22 heavy (non-hydrogen) atoms. The number of carbonyl (C=O) groups excluding carboxylic acids is 1. The van der Waals surface area contributed by atoms with Crippen LogP contribution < -0.4 is 5.32 Å². The van der Waals surface area contributed by atoms with E-state index in [-0.39, 0.29) is 5.91 Å². The van der Waals surface area contributed by atoms with Gasteiger partial charge in [0, 0.05) is 18.5 Å². The number of nitrogens with one attached hydrogen (secondary N) is 1. The standard InChI is InChI=1S/C17H16Cl2N2O/c1-17(2,13-4-5-14(18)15(19)11-13)21-16(22)6-3-12-7-9-20-10-8-12/h3-11H,1-2H3,(H,21,22)/b6-3+. The number of hydrogen-bond acceptors (Lipinski definition) is 2. The Hall–Kier alpha value is -1.84. The molecule has 2 rings (SSSR count). The summed E-state index contributed by atoms with van der Waals surface area (Å²) in [7, 11) is 0. The predicted octanol–water partition coefficient (Wildman–Crippen LogP) is 4.45. The number of aromatic nitrogens is 1. The fraction of sp³-hybridized carbons (Fsp3) is 0.176. The number of hydrogen-bond donors (Lipinski definition) is 1. The number of pyridine rings is 1. The number of halogens is 2. The summed E-state index contributed by atoms with van der Waals surface area (Å²) in [5.74, 6) is -0.187. The largest absolute Gasteiger partial charge is 0.344 e. The molecule has 2 aromatic rings. The summed E-state index contributed by atoms with van der Waals surface area (Å²) in [4.78, 5) is 16.0. The van der Waals surface area contributed by atoms with Gasteiger partial charge in [-0.05, 0) is 55.3 Å².